The number of ether oxygens (including phenoxy) is 1. The Morgan fingerprint density at radius 3 is 2.70 bits per heavy atom. The molecule has 2 aromatic rings. The van der Waals surface area contributed by atoms with E-state index in [1.165, 1.54) is 0 Å². The number of anilines is 1. The first-order chi connectivity index (χ1) is 13.0. The third kappa shape index (κ3) is 4.34. The molecule has 0 bridgehead atoms. The minimum atomic E-state index is -0.649. The molecular weight excluding hydrogens is 344 g/mol. The van der Waals surface area contributed by atoms with Gasteiger partial charge in [0.05, 0.1) is 0 Å². The molecule has 2 amide bonds. The average molecular weight is 366 g/mol. The van der Waals surface area contributed by atoms with Gasteiger partial charge in [-0.3, -0.25) is 14.4 Å². The van der Waals surface area contributed by atoms with E-state index in [4.69, 9.17) is 4.74 Å². The maximum atomic E-state index is 12.5. The summed E-state index contributed by atoms with van der Waals surface area (Å²) in [5.74, 6) is -1.28. The van der Waals surface area contributed by atoms with Crippen molar-refractivity contribution in [1.29, 1.82) is 0 Å². The second-order valence-corrected chi connectivity index (χ2v) is 6.66. The number of esters is 1. The van der Waals surface area contributed by atoms with Crippen LogP contribution in [0.25, 0.3) is 0 Å². The zero-order valence-corrected chi connectivity index (χ0v) is 15.4. The van der Waals surface area contributed by atoms with Crippen LogP contribution >= 0.6 is 0 Å². The maximum Gasteiger partial charge on any atom is 0.325 e. The lowest BCUT2D eigenvalue weighted by atomic mass is 10.1. The predicted molar refractivity (Wildman–Crippen MR) is 102 cm³/mol. The Morgan fingerprint density at radius 2 is 1.93 bits per heavy atom. The molecule has 1 heterocycles. The van der Waals surface area contributed by atoms with Gasteiger partial charge in [-0.25, -0.2) is 0 Å². The maximum absolute atomic E-state index is 12.5. The van der Waals surface area contributed by atoms with Crippen LogP contribution in [0.15, 0.2) is 48.5 Å². The SMILES string of the molecule is Cc1cccc(C(=O)NCC(=O)OCC(=O)N2c3ccccc3C[C@H]2C)c1. The van der Waals surface area contributed by atoms with Gasteiger partial charge in [0.1, 0.15) is 6.54 Å². The number of hydrogen-bond acceptors (Lipinski definition) is 4. The van der Waals surface area contributed by atoms with Crippen LogP contribution in [0.5, 0.6) is 0 Å². The monoisotopic (exact) mass is 366 g/mol. The molecule has 0 saturated carbocycles. The number of rotatable bonds is 5. The van der Waals surface area contributed by atoms with Crippen molar-refractivity contribution in [2.24, 2.45) is 0 Å². The number of aryl methyl sites for hydroxylation is 1. The predicted octanol–water partition coefficient (Wildman–Crippen LogP) is 2.25. The highest BCUT2D eigenvalue weighted by atomic mass is 16.5. The molecule has 1 aliphatic heterocycles. The van der Waals surface area contributed by atoms with Crippen molar-refractivity contribution in [2.45, 2.75) is 26.3 Å². The smallest absolute Gasteiger partial charge is 0.325 e. The minimum Gasteiger partial charge on any atom is -0.454 e. The van der Waals surface area contributed by atoms with Crippen LogP contribution in [0.1, 0.15) is 28.4 Å². The fourth-order valence-electron chi connectivity index (χ4n) is 3.25. The number of nitrogens with one attached hydrogen (secondary N) is 1. The number of hydrogen-bond donors (Lipinski definition) is 1. The number of fused-ring (bicyclic) bond motifs is 1. The van der Waals surface area contributed by atoms with Crippen molar-refractivity contribution in [1.82, 2.24) is 5.32 Å². The molecular formula is C21H22N2O4. The van der Waals surface area contributed by atoms with E-state index in [-0.39, 0.29) is 31.0 Å². The van der Waals surface area contributed by atoms with E-state index in [0.29, 0.717) is 5.56 Å². The Labute approximate surface area is 158 Å². The van der Waals surface area contributed by atoms with Gasteiger partial charge in [0, 0.05) is 17.3 Å². The first-order valence-corrected chi connectivity index (χ1v) is 8.86. The lowest BCUT2D eigenvalue weighted by Crippen LogP contribution is -2.39. The van der Waals surface area contributed by atoms with Gasteiger partial charge in [-0.05, 0) is 44.0 Å². The number of para-hydroxylation sites is 1. The van der Waals surface area contributed by atoms with Crippen LogP contribution in [-0.4, -0.2) is 37.0 Å². The van der Waals surface area contributed by atoms with Gasteiger partial charge < -0.3 is 15.0 Å². The van der Waals surface area contributed by atoms with Gasteiger partial charge in [0.2, 0.25) is 0 Å². The molecule has 0 saturated heterocycles. The molecule has 0 radical (unpaired) electrons. The molecule has 0 fully saturated rings. The van der Waals surface area contributed by atoms with Crippen molar-refractivity contribution in [2.75, 3.05) is 18.1 Å². The number of carbonyl (C=O) groups excluding carboxylic acids is 3. The second-order valence-electron chi connectivity index (χ2n) is 6.66. The molecule has 0 aromatic heterocycles. The molecule has 0 aliphatic carbocycles. The van der Waals surface area contributed by atoms with Crippen molar-refractivity contribution in [3.05, 3.63) is 65.2 Å². The summed E-state index contributed by atoms with van der Waals surface area (Å²) in [6, 6.07) is 14.8. The third-order valence-electron chi connectivity index (χ3n) is 4.51. The summed E-state index contributed by atoms with van der Waals surface area (Å²) in [5, 5.41) is 2.51. The fourth-order valence-corrected chi connectivity index (χ4v) is 3.25. The van der Waals surface area contributed by atoms with Crippen LogP contribution in [-0.2, 0) is 20.7 Å². The van der Waals surface area contributed by atoms with Crippen molar-refractivity contribution >= 4 is 23.5 Å². The van der Waals surface area contributed by atoms with Crippen molar-refractivity contribution < 1.29 is 19.1 Å². The highest BCUT2D eigenvalue weighted by Gasteiger charge is 2.30. The van der Waals surface area contributed by atoms with Gasteiger partial charge in [-0.1, -0.05) is 35.9 Å². The molecule has 0 unspecified atom stereocenters. The first kappa shape index (κ1) is 18.6. The third-order valence-corrected chi connectivity index (χ3v) is 4.51. The zero-order valence-electron chi connectivity index (χ0n) is 15.4. The molecule has 0 spiro atoms. The summed E-state index contributed by atoms with van der Waals surface area (Å²) >= 11 is 0. The van der Waals surface area contributed by atoms with Gasteiger partial charge >= 0.3 is 5.97 Å². The molecule has 1 aliphatic rings. The highest BCUT2D eigenvalue weighted by molar-refractivity contribution is 5.98. The summed E-state index contributed by atoms with van der Waals surface area (Å²) in [5.41, 5.74) is 3.39. The van der Waals surface area contributed by atoms with Gasteiger partial charge in [0.25, 0.3) is 11.8 Å². The summed E-state index contributed by atoms with van der Waals surface area (Å²) < 4.78 is 5.04. The van der Waals surface area contributed by atoms with Crippen LogP contribution < -0.4 is 10.2 Å². The van der Waals surface area contributed by atoms with Crippen LogP contribution in [0, 0.1) is 6.92 Å². The fraction of sp³-hybridized carbons (Fsp3) is 0.286. The van der Waals surface area contributed by atoms with E-state index in [1.54, 1.807) is 23.1 Å². The van der Waals surface area contributed by atoms with Gasteiger partial charge in [0.15, 0.2) is 6.61 Å². The van der Waals surface area contributed by atoms with E-state index >= 15 is 0 Å². The first-order valence-electron chi connectivity index (χ1n) is 8.86. The quantitative estimate of drug-likeness (QED) is 0.824. The Morgan fingerprint density at radius 1 is 1.15 bits per heavy atom. The summed E-state index contributed by atoms with van der Waals surface area (Å²) in [4.78, 5) is 38.1. The molecule has 1 N–H and O–H groups in total. The standard InChI is InChI=1S/C21H22N2O4/c1-14-6-5-8-17(10-14)21(26)22-12-20(25)27-13-19(24)23-15(2)11-16-7-3-4-9-18(16)23/h3-10,15H,11-13H2,1-2H3,(H,22,26)/t15-/m1/s1. The summed E-state index contributed by atoms with van der Waals surface area (Å²) in [6.07, 6.45) is 0.780. The molecule has 2 aromatic carbocycles. The Bertz CT molecular complexity index is 878. The Kier molecular flexibility index (Phi) is 5.54. The normalized spacial score (nSPS) is 15.2. The van der Waals surface area contributed by atoms with Crippen LogP contribution in [0.3, 0.4) is 0 Å². The summed E-state index contributed by atoms with van der Waals surface area (Å²) in [6.45, 7) is 3.21. The lowest BCUT2D eigenvalue weighted by Gasteiger charge is -2.22. The van der Waals surface area contributed by atoms with E-state index in [1.807, 2.05) is 44.2 Å². The van der Waals surface area contributed by atoms with Crippen molar-refractivity contribution in [3.63, 3.8) is 0 Å². The molecule has 3 rings (SSSR count). The Hall–Kier alpha value is -3.15. The molecule has 6 heteroatoms. The summed E-state index contributed by atoms with van der Waals surface area (Å²) in [7, 11) is 0. The average Bonchev–Trinajstić information content (AvgIpc) is 2.99. The number of amides is 2. The number of benzene rings is 2. The second kappa shape index (κ2) is 8.03. The van der Waals surface area contributed by atoms with E-state index in [9.17, 15) is 14.4 Å². The molecule has 27 heavy (non-hydrogen) atoms. The van der Waals surface area contributed by atoms with Crippen LogP contribution in [0.4, 0.5) is 5.69 Å². The van der Waals surface area contributed by atoms with Crippen LogP contribution in [0.2, 0.25) is 0 Å². The van der Waals surface area contributed by atoms with Crippen molar-refractivity contribution in [3.8, 4) is 0 Å². The molecule has 140 valence electrons. The largest absolute Gasteiger partial charge is 0.454 e. The van der Waals surface area contributed by atoms with Gasteiger partial charge in [-0.15, -0.1) is 0 Å². The minimum absolute atomic E-state index is 0.0228. The van der Waals surface area contributed by atoms with Gasteiger partial charge in [-0.2, -0.15) is 0 Å². The molecule has 6 nitrogen and oxygen atoms in total. The molecule has 1 atom stereocenters. The van der Waals surface area contributed by atoms with E-state index in [0.717, 1.165) is 23.2 Å². The highest BCUT2D eigenvalue weighted by Crippen LogP contribution is 2.31. The number of nitrogens with zero attached hydrogens (tertiary/aromatic N) is 1. The zero-order chi connectivity index (χ0) is 19.4. The van der Waals surface area contributed by atoms with E-state index in [2.05, 4.69) is 5.32 Å². The number of carbonyl (C=O) groups is 3. The topological polar surface area (TPSA) is 75.7 Å². The van der Waals surface area contributed by atoms with E-state index < -0.39 is 5.97 Å². The Balaban J connectivity index is 1.49. The lowest BCUT2D eigenvalue weighted by molar-refractivity contribution is -0.146.